The summed E-state index contributed by atoms with van der Waals surface area (Å²) in [6.45, 7) is 15.3. The Morgan fingerprint density at radius 1 is 1.06 bits per heavy atom. The largest absolute Gasteiger partial charge is 0.543 e. The van der Waals surface area contributed by atoms with E-state index in [1.54, 1.807) is 18.2 Å². The number of methoxy groups -OCH3 is 1. The Morgan fingerprint density at radius 3 is 2.37 bits per heavy atom. The van der Waals surface area contributed by atoms with Crippen molar-refractivity contribution < 1.29 is 37.7 Å². The molecule has 0 bridgehead atoms. The summed E-state index contributed by atoms with van der Waals surface area (Å²) in [7, 11) is -1.18. The highest BCUT2D eigenvalue weighted by Gasteiger charge is 2.47. The summed E-state index contributed by atoms with van der Waals surface area (Å²) in [5, 5.41) is 11.7. The van der Waals surface area contributed by atoms with Crippen LogP contribution in [-0.2, 0) is 27.1 Å². The lowest BCUT2D eigenvalue weighted by atomic mass is 9.99. The van der Waals surface area contributed by atoms with Crippen molar-refractivity contribution in [3.8, 4) is 23.0 Å². The summed E-state index contributed by atoms with van der Waals surface area (Å²) in [6.07, 6.45) is -2.70. The van der Waals surface area contributed by atoms with E-state index in [0.717, 1.165) is 27.5 Å². The quantitative estimate of drug-likeness (QED) is 0.122. The zero-order valence-corrected chi connectivity index (χ0v) is 31.8. The first-order chi connectivity index (χ1) is 24.2. The maximum Gasteiger partial charge on any atom is 0.417 e. The van der Waals surface area contributed by atoms with E-state index in [9.17, 15) is 14.7 Å². The van der Waals surface area contributed by atoms with Crippen LogP contribution in [0.2, 0.25) is 18.1 Å². The molecular formula is C40H50N2O8Si. The molecule has 3 aromatic carbocycles. The van der Waals surface area contributed by atoms with E-state index >= 15 is 0 Å². The predicted molar refractivity (Wildman–Crippen MR) is 197 cm³/mol. The fraction of sp³-hybridized carbons (Fsp3) is 0.425. The summed E-state index contributed by atoms with van der Waals surface area (Å²) in [6, 6.07) is 24.0. The van der Waals surface area contributed by atoms with Gasteiger partial charge in [-0.25, -0.2) is 14.7 Å². The zero-order chi connectivity index (χ0) is 36.9. The fourth-order valence-electron chi connectivity index (χ4n) is 6.10. The summed E-state index contributed by atoms with van der Waals surface area (Å²) in [4.78, 5) is 32.6. The minimum Gasteiger partial charge on any atom is -0.543 e. The number of oxazole rings is 1. The van der Waals surface area contributed by atoms with Crippen LogP contribution in [-0.4, -0.2) is 67.8 Å². The summed E-state index contributed by atoms with van der Waals surface area (Å²) in [5.74, 6) is 1.85. The van der Waals surface area contributed by atoms with E-state index in [2.05, 4.69) is 45.8 Å². The van der Waals surface area contributed by atoms with Gasteiger partial charge in [0.15, 0.2) is 6.10 Å². The van der Waals surface area contributed by atoms with Gasteiger partial charge in [-0.2, -0.15) is 0 Å². The first-order valence-corrected chi connectivity index (χ1v) is 20.4. The Kier molecular flexibility index (Phi) is 11.7. The van der Waals surface area contributed by atoms with E-state index in [0.29, 0.717) is 48.3 Å². The molecule has 1 saturated heterocycles. The SMILES string of the molecule is CO[C@H](C(=O)N1C(=O)OC[C@@H]1Cc1ccccc1)[C@H](O)c1ccc(OCCc2nc(-c3ccccc3)oc2C)cc1O[Si](C)(C)C(C)(C)C(C)C. The van der Waals surface area contributed by atoms with Crippen LogP contribution in [0.3, 0.4) is 0 Å². The number of aliphatic hydroxyl groups excluding tert-OH is 1. The van der Waals surface area contributed by atoms with Crippen molar-refractivity contribution in [2.75, 3.05) is 20.3 Å². The first kappa shape index (κ1) is 37.8. The van der Waals surface area contributed by atoms with Crippen LogP contribution in [0.5, 0.6) is 11.5 Å². The van der Waals surface area contributed by atoms with Gasteiger partial charge in [-0.3, -0.25) is 4.79 Å². The van der Waals surface area contributed by atoms with Crippen LogP contribution in [0.15, 0.2) is 83.3 Å². The Bertz CT molecular complexity index is 1790. The molecule has 1 aliphatic rings. The third kappa shape index (κ3) is 8.38. The Hall–Kier alpha value is -4.45. The molecule has 0 aliphatic carbocycles. The van der Waals surface area contributed by atoms with Crippen molar-refractivity contribution in [2.45, 2.75) is 83.8 Å². The minimum atomic E-state index is -2.52. The van der Waals surface area contributed by atoms with Crippen LogP contribution < -0.4 is 9.16 Å². The molecule has 4 aromatic rings. The molecule has 1 aromatic heterocycles. The first-order valence-electron chi connectivity index (χ1n) is 17.5. The second-order valence-electron chi connectivity index (χ2n) is 14.4. The number of ether oxygens (including phenoxy) is 3. The summed E-state index contributed by atoms with van der Waals surface area (Å²) >= 11 is 0. The lowest BCUT2D eigenvalue weighted by Gasteiger charge is -2.43. The molecule has 51 heavy (non-hydrogen) atoms. The van der Waals surface area contributed by atoms with E-state index in [4.69, 9.17) is 23.1 Å². The van der Waals surface area contributed by atoms with Crippen molar-refractivity contribution in [1.82, 2.24) is 9.88 Å². The van der Waals surface area contributed by atoms with Gasteiger partial charge in [-0.1, -0.05) is 76.2 Å². The smallest absolute Gasteiger partial charge is 0.417 e. The molecule has 0 saturated carbocycles. The molecule has 2 amide bonds. The van der Waals surface area contributed by atoms with E-state index < -0.39 is 38.6 Å². The monoisotopic (exact) mass is 714 g/mol. The van der Waals surface area contributed by atoms with E-state index in [1.165, 1.54) is 7.11 Å². The maximum absolute atomic E-state index is 14.0. The third-order valence-electron chi connectivity index (χ3n) is 10.5. The summed E-state index contributed by atoms with van der Waals surface area (Å²) in [5.41, 5.74) is 3.02. The van der Waals surface area contributed by atoms with Crippen LogP contribution in [0.4, 0.5) is 4.79 Å². The average molecular weight is 715 g/mol. The van der Waals surface area contributed by atoms with Gasteiger partial charge >= 0.3 is 6.09 Å². The molecule has 11 heteroatoms. The second kappa shape index (κ2) is 15.8. The van der Waals surface area contributed by atoms with Gasteiger partial charge < -0.3 is 28.2 Å². The molecule has 5 rings (SSSR count). The maximum atomic E-state index is 14.0. The van der Waals surface area contributed by atoms with Gasteiger partial charge in [0, 0.05) is 30.7 Å². The van der Waals surface area contributed by atoms with E-state index in [1.807, 2.05) is 67.6 Å². The highest BCUT2D eigenvalue weighted by Crippen LogP contribution is 2.46. The van der Waals surface area contributed by atoms with Gasteiger partial charge in [0.05, 0.1) is 18.3 Å². The molecule has 3 atom stereocenters. The number of carbonyl (C=O) groups is 2. The second-order valence-corrected chi connectivity index (χ2v) is 18.9. The number of nitrogens with zero attached hydrogens (tertiary/aromatic N) is 2. The average Bonchev–Trinajstić information content (AvgIpc) is 3.66. The van der Waals surface area contributed by atoms with Gasteiger partial charge in [0.25, 0.3) is 14.2 Å². The normalized spacial score (nSPS) is 16.2. The predicted octanol–water partition coefficient (Wildman–Crippen LogP) is 7.93. The molecule has 1 aliphatic heterocycles. The van der Waals surface area contributed by atoms with Gasteiger partial charge in [-0.05, 0) is 67.2 Å². The third-order valence-corrected chi connectivity index (χ3v) is 14.9. The highest BCUT2D eigenvalue weighted by atomic mass is 28.4. The van der Waals surface area contributed by atoms with Crippen LogP contribution >= 0.6 is 0 Å². The number of hydrogen-bond donors (Lipinski definition) is 1. The molecule has 0 spiro atoms. The van der Waals surface area contributed by atoms with Crippen LogP contribution in [0.1, 0.15) is 56.4 Å². The standard InChI is InChI=1S/C40H50N2O8Si/c1-26(2)40(4,5)51(7,8)50-34-24-31(47-22-21-33-27(3)49-37(41-33)29-17-13-10-14-18-29)19-20-32(34)35(43)36(46-6)38(44)42-30(25-48-39(42)45)23-28-15-11-9-12-16-28/h9-20,24,26,30,35-36,43H,21-23,25H2,1-8H3/t30-,35+,36-/m0/s1. The van der Waals surface area contributed by atoms with Gasteiger partial charge in [0.2, 0.25) is 5.89 Å². The number of aliphatic hydroxyl groups is 1. The number of imide groups is 1. The highest BCUT2D eigenvalue weighted by molar-refractivity contribution is 6.75. The number of hydrogen-bond acceptors (Lipinski definition) is 9. The Morgan fingerprint density at radius 2 is 1.73 bits per heavy atom. The molecule has 10 nitrogen and oxygen atoms in total. The number of aromatic nitrogens is 1. The van der Waals surface area contributed by atoms with Crippen molar-refractivity contribution >= 4 is 20.3 Å². The molecule has 272 valence electrons. The van der Waals surface area contributed by atoms with Crippen molar-refractivity contribution in [1.29, 1.82) is 0 Å². The van der Waals surface area contributed by atoms with Crippen LogP contribution in [0.25, 0.3) is 11.5 Å². The Labute approximate surface area is 301 Å². The lowest BCUT2D eigenvalue weighted by molar-refractivity contribution is -0.147. The van der Waals surface area contributed by atoms with Gasteiger partial charge in [0.1, 0.15) is 30.0 Å². The number of carbonyl (C=O) groups excluding carboxylic acids is 2. The number of amides is 2. The fourth-order valence-corrected chi connectivity index (χ4v) is 8.48. The summed E-state index contributed by atoms with van der Waals surface area (Å²) < 4.78 is 29.9. The van der Waals surface area contributed by atoms with Gasteiger partial charge in [-0.15, -0.1) is 0 Å². The van der Waals surface area contributed by atoms with E-state index in [-0.39, 0.29) is 11.6 Å². The number of benzene rings is 3. The Balaban J connectivity index is 1.39. The lowest BCUT2D eigenvalue weighted by Crippen LogP contribution is -2.49. The number of rotatable bonds is 15. The number of cyclic esters (lactones) is 1. The van der Waals surface area contributed by atoms with Crippen LogP contribution in [0, 0.1) is 12.8 Å². The van der Waals surface area contributed by atoms with Crippen molar-refractivity contribution in [2.24, 2.45) is 5.92 Å². The molecule has 0 radical (unpaired) electrons. The molecule has 1 fully saturated rings. The zero-order valence-electron chi connectivity index (χ0n) is 30.8. The molecule has 1 N–H and O–H groups in total. The van der Waals surface area contributed by atoms with Crippen molar-refractivity contribution in [3.63, 3.8) is 0 Å². The van der Waals surface area contributed by atoms with Crippen molar-refractivity contribution in [3.05, 3.63) is 101 Å². The topological polar surface area (TPSA) is 121 Å². The molecule has 0 unspecified atom stereocenters. The molecular weight excluding hydrogens is 665 g/mol. The minimum absolute atomic E-state index is 0.0535. The molecule has 2 heterocycles. The number of aryl methyl sites for hydroxylation is 1.